The number of aryl methyl sites for hydroxylation is 1. The molecule has 1 aliphatic heterocycles. The van der Waals surface area contributed by atoms with Crippen molar-refractivity contribution in [3.63, 3.8) is 0 Å². The molecule has 0 aromatic heterocycles. The van der Waals surface area contributed by atoms with Crippen LogP contribution in [0.3, 0.4) is 0 Å². The van der Waals surface area contributed by atoms with Gasteiger partial charge in [-0.25, -0.2) is 0 Å². The summed E-state index contributed by atoms with van der Waals surface area (Å²) < 4.78 is 11.9. The van der Waals surface area contributed by atoms with Crippen LogP contribution in [-0.2, 0) is 35.7 Å². The van der Waals surface area contributed by atoms with Gasteiger partial charge in [0.2, 0.25) is 5.91 Å². The van der Waals surface area contributed by atoms with Crippen LogP contribution in [-0.4, -0.2) is 24.6 Å². The minimum Gasteiger partial charge on any atom is -0.489 e. The van der Waals surface area contributed by atoms with Gasteiger partial charge in [-0.05, 0) is 59.4 Å². The van der Waals surface area contributed by atoms with E-state index in [4.69, 9.17) is 21.1 Å². The molecule has 0 aliphatic carbocycles. The fraction of sp³-hybridized carbons (Fsp3) is 0.321. The summed E-state index contributed by atoms with van der Waals surface area (Å²) in [5, 5.41) is 6.92. The summed E-state index contributed by atoms with van der Waals surface area (Å²) in [7, 11) is 0. The lowest BCUT2D eigenvalue weighted by molar-refractivity contribution is -0.123. The zero-order valence-corrected chi connectivity index (χ0v) is 20.2. The lowest BCUT2D eigenvalue weighted by Crippen LogP contribution is -2.39. The van der Waals surface area contributed by atoms with Gasteiger partial charge in [0.1, 0.15) is 12.4 Å². The minimum absolute atomic E-state index is 0.00751. The summed E-state index contributed by atoms with van der Waals surface area (Å²) in [6, 6.07) is 23.7. The first-order valence-corrected chi connectivity index (χ1v) is 12.1. The van der Waals surface area contributed by atoms with Gasteiger partial charge in [0.15, 0.2) is 0 Å². The molecular weight excluding hydrogens is 448 g/mol. The molecule has 2 unspecified atom stereocenters. The zero-order chi connectivity index (χ0) is 23.8. The molecule has 178 valence electrons. The normalized spacial score (nSPS) is 17.5. The summed E-state index contributed by atoms with van der Waals surface area (Å²) >= 11 is 5.90. The molecule has 0 bridgehead atoms. The summed E-state index contributed by atoms with van der Waals surface area (Å²) in [4.78, 5) is 12.5. The second kappa shape index (κ2) is 12.0. The molecule has 1 saturated heterocycles. The standard InChI is InChI=1S/C28H31ClN2O3/c1-2-20-3-5-22(6-4-20)18-33-25-13-9-23(10-14-25)19-34-26-15-27(30-17-26)28(32)31-16-21-7-11-24(29)12-8-21/h3-14,26-27,30H,2,15-19H2,1H3,(H,31,32). The Kier molecular flexibility index (Phi) is 8.58. The Labute approximate surface area is 206 Å². The maximum absolute atomic E-state index is 12.5. The van der Waals surface area contributed by atoms with E-state index in [1.165, 1.54) is 5.56 Å². The van der Waals surface area contributed by atoms with Crippen LogP contribution in [0.25, 0.3) is 0 Å². The van der Waals surface area contributed by atoms with E-state index in [0.717, 1.165) is 28.9 Å². The molecule has 3 aromatic carbocycles. The van der Waals surface area contributed by atoms with Crippen molar-refractivity contribution in [2.24, 2.45) is 0 Å². The van der Waals surface area contributed by atoms with Gasteiger partial charge in [0.05, 0.1) is 18.8 Å². The lowest BCUT2D eigenvalue weighted by Gasteiger charge is -2.13. The molecule has 2 N–H and O–H groups in total. The van der Waals surface area contributed by atoms with Gasteiger partial charge in [0.25, 0.3) is 0 Å². The van der Waals surface area contributed by atoms with Crippen LogP contribution in [0.5, 0.6) is 5.75 Å². The van der Waals surface area contributed by atoms with Crippen LogP contribution in [0.4, 0.5) is 0 Å². The molecule has 0 radical (unpaired) electrons. The Morgan fingerprint density at radius 2 is 1.53 bits per heavy atom. The van der Waals surface area contributed by atoms with Crippen LogP contribution >= 0.6 is 11.6 Å². The first-order valence-electron chi connectivity index (χ1n) is 11.8. The second-order valence-corrected chi connectivity index (χ2v) is 9.01. The van der Waals surface area contributed by atoms with Gasteiger partial charge in [-0.15, -0.1) is 0 Å². The highest BCUT2D eigenvalue weighted by atomic mass is 35.5. The van der Waals surface area contributed by atoms with Gasteiger partial charge in [0, 0.05) is 18.1 Å². The van der Waals surface area contributed by atoms with Gasteiger partial charge in [-0.1, -0.05) is 67.1 Å². The molecule has 5 nitrogen and oxygen atoms in total. The first kappa shape index (κ1) is 24.3. The average Bonchev–Trinajstić information content (AvgIpc) is 3.36. The average molecular weight is 479 g/mol. The highest BCUT2D eigenvalue weighted by molar-refractivity contribution is 6.30. The molecule has 1 aliphatic rings. The minimum atomic E-state index is -0.237. The highest BCUT2D eigenvalue weighted by Gasteiger charge is 2.29. The van der Waals surface area contributed by atoms with Crippen molar-refractivity contribution < 1.29 is 14.3 Å². The smallest absolute Gasteiger partial charge is 0.237 e. The van der Waals surface area contributed by atoms with E-state index in [1.807, 2.05) is 48.5 Å². The quantitative estimate of drug-likeness (QED) is 0.428. The van der Waals surface area contributed by atoms with Crippen molar-refractivity contribution in [2.75, 3.05) is 6.54 Å². The number of carbonyl (C=O) groups is 1. The van der Waals surface area contributed by atoms with Crippen molar-refractivity contribution in [1.29, 1.82) is 0 Å². The summed E-state index contributed by atoms with van der Waals surface area (Å²) in [6.07, 6.45) is 1.71. The van der Waals surface area contributed by atoms with Crippen molar-refractivity contribution in [1.82, 2.24) is 10.6 Å². The summed E-state index contributed by atoms with van der Waals surface area (Å²) in [5.74, 6) is 0.829. The van der Waals surface area contributed by atoms with Crippen molar-refractivity contribution >= 4 is 17.5 Å². The maximum Gasteiger partial charge on any atom is 0.237 e. The zero-order valence-electron chi connectivity index (χ0n) is 19.4. The Morgan fingerprint density at radius 1 is 0.912 bits per heavy atom. The third-order valence-electron chi connectivity index (χ3n) is 6.03. The topological polar surface area (TPSA) is 59.6 Å². The first-order chi connectivity index (χ1) is 16.6. The molecule has 2 atom stereocenters. The highest BCUT2D eigenvalue weighted by Crippen LogP contribution is 2.18. The van der Waals surface area contributed by atoms with Crippen LogP contribution in [0.1, 0.15) is 35.6 Å². The number of benzene rings is 3. The second-order valence-electron chi connectivity index (χ2n) is 8.58. The van der Waals surface area contributed by atoms with Gasteiger partial charge in [-0.3, -0.25) is 4.79 Å². The van der Waals surface area contributed by atoms with Gasteiger partial charge < -0.3 is 20.1 Å². The fourth-order valence-electron chi connectivity index (χ4n) is 3.88. The number of carbonyl (C=O) groups excluding carboxylic acids is 1. The van der Waals surface area contributed by atoms with E-state index >= 15 is 0 Å². The van der Waals surface area contributed by atoms with E-state index in [1.54, 1.807) is 0 Å². The Balaban J connectivity index is 1.16. The molecule has 3 aromatic rings. The van der Waals surface area contributed by atoms with Crippen LogP contribution in [0.2, 0.25) is 5.02 Å². The summed E-state index contributed by atoms with van der Waals surface area (Å²) in [6.45, 7) is 4.36. The molecule has 1 amide bonds. The number of hydrogen-bond donors (Lipinski definition) is 2. The number of halogens is 1. The third-order valence-corrected chi connectivity index (χ3v) is 6.28. The molecule has 6 heteroatoms. The number of amides is 1. The van der Waals surface area contributed by atoms with Gasteiger partial charge >= 0.3 is 0 Å². The maximum atomic E-state index is 12.5. The van der Waals surface area contributed by atoms with Crippen molar-refractivity contribution in [2.45, 2.75) is 51.7 Å². The van der Waals surface area contributed by atoms with Crippen molar-refractivity contribution in [3.8, 4) is 5.75 Å². The molecule has 1 fully saturated rings. The van der Waals surface area contributed by atoms with Gasteiger partial charge in [-0.2, -0.15) is 0 Å². The Bertz CT molecular complexity index is 1050. The van der Waals surface area contributed by atoms with E-state index in [-0.39, 0.29) is 18.1 Å². The summed E-state index contributed by atoms with van der Waals surface area (Å²) in [5.41, 5.74) is 4.58. The predicted octanol–water partition coefficient (Wildman–Crippen LogP) is 5.04. The molecule has 0 saturated carbocycles. The third kappa shape index (κ3) is 7.07. The molecule has 34 heavy (non-hydrogen) atoms. The van der Waals surface area contributed by atoms with E-state index in [0.29, 0.717) is 37.7 Å². The molecule has 1 heterocycles. The SMILES string of the molecule is CCc1ccc(COc2ccc(COC3CNC(C(=O)NCc4ccc(Cl)cc4)C3)cc2)cc1. The fourth-order valence-corrected chi connectivity index (χ4v) is 4.00. The van der Waals surface area contributed by atoms with Crippen molar-refractivity contribution in [3.05, 3.63) is 100 Å². The number of rotatable bonds is 10. The number of ether oxygens (including phenoxy) is 2. The van der Waals surface area contributed by atoms with E-state index in [9.17, 15) is 4.79 Å². The van der Waals surface area contributed by atoms with E-state index in [2.05, 4.69) is 41.8 Å². The lowest BCUT2D eigenvalue weighted by atomic mass is 10.1. The van der Waals surface area contributed by atoms with Crippen LogP contribution in [0, 0.1) is 0 Å². The molecular formula is C28H31ClN2O3. The predicted molar refractivity (Wildman–Crippen MR) is 135 cm³/mol. The van der Waals surface area contributed by atoms with Crippen LogP contribution < -0.4 is 15.4 Å². The Hall–Kier alpha value is -2.86. The van der Waals surface area contributed by atoms with E-state index < -0.39 is 0 Å². The Morgan fingerprint density at radius 3 is 2.24 bits per heavy atom. The monoisotopic (exact) mass is 478 g/mol. The molecule has 4 rings (SSSR count). The van der Waals surface area contributed by atoms with Crippen LogP contribution in [0.15, 0.2) is 72.8 Å². The number of hydrogen-bond acceptors (Lipinski definition) is 4. The number of nitrogens with one attached hydrogen (secondary N) is 2. The largest absolute Gasteiger partial charge is 0.489 e. The molecule has 0 spiro atoms.